The minimum atomic E-state index is -0.844. The molecule has 6 heteroatoms. The molecule has 1 N–H and O–H groups in total. The van der Waals surface area contributed by atoms with E-state index in [1.807, 2.05) is 45.0 Å². The van der Waals surface area contributed by atoms with Crippen molar-refractivity contribution in [3.05, 3.63) is 59.7 Å². The van der Waals surface area contributed by atoms with Crippen molar-refractivity contribution in [2.75, 3.05) is 6.61 Å². The lowest BCUT2D eigenvalue weighted by atomic mass is 9.88. The van der Waals surface area contributed by atoms with Crippen molar-refractivity contribution >= 4 is 12.6 Å². The highest BCUT2D eigenvalue weighted by molar-refractivity contribution is 5.79. The lowest BCUT2D eigenvalue weighted by Gasteiger charge is -2.43. The van der Waals surface area contributed by atoms with Gasteiger partial charge in [-0.25, -0.2) is 4.79 Å². The molecule has 1 saturated carbocycles. The maximum atomic E-state index is 12.9. The number of alkyl carbamates (subject to hydrolysis) is 1. The predicted molar refractivity (Wildman–Crippen MR) is 121 cm³/mol. The zero-order valence-corrected chi connectivity index (χ0v) is 18.9. The van der Waals surface area contributed by atoms with Crippen LogP contribution in [0.3, 0.4) is 0 Å². The van der Waals surface area contributed by atoms with Crippen molar-refractivity contribution in [3.63, 3.8) is 0 Å². The van der Waals surface area contributed by atoms with Crippen LogP contribution in [0.15, 0.2) is 48.5 Å². The van der Waals surface area contributed by atoms with E-state index >= 15 is 0 Å². The molecule has 0 saturated heterocycles. The van der Waals surface area contributed by atoms with Gasteiger partial charge in [0.05, 0.1) is 5.60 Å². The van der Waals surface area contributed by atoms with Gasteiger partial charge in [0.2, 0.25) is 0 Å². The number of hydrogen-bond acceptors (Lipinski definition) is 5. The smallest absolute Gasteiger partial charge is 0.409 e. The van der Waals surface area contributed by atoms with Crippen LogP contribution < -0.4 is 5.32 Å². The average Bonchev–Trinajstić information content (AvgIpc) is 3.07. The van der Waals surface area contributed by atoms with Crippen LogP contribution in [-0.2, 0) is 19.0 Å². The zero-order valence-electron chi connectivity index (χ0n) is 18.9. The van der Waals surface area contributed by atoms with Crippen LogP contribution in [0, 0.1) is 0 Å². The fourth-order valence-electron chi connectivity index (χ4n) is 4.93. The first-order chi connectivity index (χ1) is 15.3. The molecule has 0 unspecified atom stereocenters. The number of nitrogens with one attached hydrogen (secondary N) is 1. The molecule has 2 aliphatic rings. The Labute approximate surface area is 189 Å². The largest absolute Gasteiger partial charge is 0.465 e. The predicted octanol–water partition coefficient (Wildman–Crippen LogP) is 5.15. The Morgan fingerprint density at radius 2 is 1.59 bits per heavy atom. The lowest BCUT2D eigenvalue weighted by molar-refractivity contribution is -0.176. The summed E-state index contributed by atoms with van der Waals surface area (Å²) in [4.78, 5) is 23.6. The summed E-state index contributed by atoms with van der Waals surface area (Å²) in [5, 5.41) is 3.00. The quantitative estimate of drug-likeness (QED) is 0.500. The van der Waals surface area contributed by atoms with Crippen molar-refractivity contribution in [1.29, 1.82) is 0 Å². The normalized spacial score (nSPS) is 22.5. The van der Waals surface area contributed by atoms with Crippen molar-refractivity contribution < 1.29 is 23.8 Å². The molecule has 0 aliphatic heterocycles. The van der Waals surface area contributed by atoms with Gasteiger partial charge in [0.15, 0.2) is 0 Å². The molecule has 6 nitrogen and oxygen atoms in total. The van der Waals surface area contributed by atoms with Gasteiger partial charge in [-0.1, -0.05) is 48.5 Å². The van der Waals surface area contributed by atoms with Gasteiger partial charge in [0.25, 0.3) is 6.47 Å². The molecule has 0 atom stereocenters. The first-order valence-electron chi connectivity index (χ1n) is 11.2. The monoisotopic (exact) mass is 437 g/mol. The van der Waals surface area contributed by atoms with Gasteiger partial charge in [-0.05, 0) is 68.7 Å². The lowest BCUT2D eigenvalue weighted by Crippen LogP contribution is -2.56. The molecular formula is C26H31NO5. The van der Waals surface area contributed by atoms with Gasteiger partial charge in [0.1, 0.15) is 18.4 Å². The Kier molecular flexibility index (Phi) is 6.24. The molecule has 0 bridgehead atoms. The number of rotatable bonds is 6. The molecule has 2 aromatic carbocycles. The van der Waals surface area contributed by atoms with E-state index in [4.69, 9.17) is 14.2 Å². The molecule has 0 spiro atoms. The number of fused-ring (bicyclic) bond motifs is 3. The van der Waals surface area contributed by atoms with E-state index in [9.17, 15) is 9.59 Å². The maximum Gasteiger partial charge on any atom is 0.409 e. The van der Waals surface area contributed by atoms with Crippen LogP contribution in [0.25, 0.3) is 11.1 Å². The molecule has 2 aliphatic carbocycles. The molecule has 0 radical (unpaired) electrons. The Bertz CT molecular complexity index is 927. The van der Waals surface area contributed by atoms with Gasteiger partial charge in [-0.3, -0.25) is 10.1 Å². The third kappa shape index (κ3) is 4.80. The molecule has 32 heavy (non-hydrogen) atoms. The standard InChI is InChI=1S/C26H31NO5/c1-25(2,3)32-26(14-12-18(13-15-26)31-17-28)27-24(29)30-16-23-21-10-6-4-8-19(21)20-9-5-7-11-22(20)23/h4-11,17-18,23H,12-16H2,1-3H3,(H,27,29). The average molecular weight is 438 g/mol. The summed E-state index contributed by atoms with van der Waals surface area (Å²) >= 11 is 0. The second-order valence-electron chi connectivity index (χ2n) is 9.59. The van der Waals surface area contributed by atoms with Gasteiger partial charge >= 0.3 is 6.09 Å². The molecular weight excluding hydrogens is 406 g/mol. The van der Waals surface area contributed by atoms with Crippen molar-refractivity contribution in [2.24, 2.45) is 0 Å². The fraction of sp³-hybridized carbons (Fsp3) is 0.462. The maximum absolute atomic E-state index is 12.9. The summed E-state index contributed by atoms with van der Waals surface area (Å²) in [6.45, 7) is 6.62. The van der Waals surface area contributed by atoms with E-state index in [2.05, 4.69) is 29.6 Å². The van der Waals surface area contributed by atoms with Gasteiger partial charge in [0, 0.05) is 5.92 Å². The molecule has 1 fully saturated rings. The molecule has 4 rings (SSSR count). The first-order valence-corrected chi connectivity index (χ1v) is 11.2. The molecule has 2 aromatic rings. The van der Waals surface area contributed by atoms with Crippen molar-refractivity contribution in [1.82, 2.24) is 5.32 Å². The Morgan fingerprint density at radius 1 is 1.03 bits per heavy atom. The molecule has 1 amide bonds. The number of hydrogen-bond donors (Lipinski definition) is 1. The highest BCUT2D eigenvalue weighted by Crippen LogP contribution is 2.44. The fourth-order valence-corrected chi connectivity index (χ4v) is 4.93. The minimum Gasteiger partial charge on any atom is -0.465 e. The number of carbonyl (C=O) groups excluding carboxylic acids is 2. The Hall–Kier alpha value is -2.86. The van der Waals surface area contributed by atoms with Gasteiger partial charge in [-0.2, -0.15) is 0 Å². The van der Waals surface area contributed by atoms with Crippen molar-refractivity contribution in [3.8, 4) is 11.1 Å². The second kappa shape index (κ2) is 8.94. The zero-order chi connectivity index (χ0) is 22.8. The van der Waals surface area contributed by atoms with Crippen LogP contribution in [0.4, 0.5) is 4.79 Å². The number of ether oxygens (including phenoxy) is 3. The summed E-state index contributed by atoms with van der Waals surface area (Å²) in [6.07, 6.45) is 1.70. The summed E-state index contributed by atoms with van der Waals surface area (Å²) in [5.74, 6) is 0.00404. The van der Waals surface area contributed by atoms with Crippen LogP contribution in [0.2, 0.25) is 0 Å². The number of benzene rings is 2. The topological polar surface area (TPSA) is 73.9 Å². The van der Waals surface area contributed by atoms with E-state index in [1.165, 1.54) is 22.3 Å². The van der Waals surface area contributed by atoms with E-state index in [0.717, 1.165) is 0 Å². The van der Waals surface area contributed by atoms with Crippen LogP contribution >= 0.6 is 0 Å². The van der Waals surface area contributed by atoms with Crippen LogP contribution in [0.1, 0.15) is 63.5 Å². The summed E-state index contributed by atoms with van der Waals surface area (Å²) < 4.78 is 17.1. The molecule has 0 heterocycles. The number of amides is 1. The third-order valence-electron chi connectivity index (χ3n) is 6.16. The molecule has 0 aromatic heterocycles. The van der Waals surface area contributed by atoms with E-state index in [0.29, 0.717) is 32.2 Å². The SMILES string of the molecule is CC(C)(C)OC1(NC(=O)OCC2c3ccccc3-c3ccccc32)CCC(OC=O)CC1. The summed E-state index contributed by atoms with van der Waals surface area (Å²) in [7, 11) is 0. The van der Waals surface area contributed by atoms with Gasteiger partial charge in [-0.15, -0.1) is 0 Å². The summed E-state index contributed by atoms with van der Waals surface area (Å²) in [6, 6.07) is 16.5. The Morgan fingerprint density at radius 3 is 2.12 bits per heavy atom. The second-order valence-corrected chi connectivity index (χ2v) is 9.59. The Balaban J connectivity index is 1.45. The van der Waals surface area contributed by atoms with E-state index in [1.54, 1.807) is 0 Å². The minimum absolute atomic E-state index is 0.00404. The van der Waals surface area contributed by atoms with E-state index < -0.39 is 17.4 Å². The first kappa shape index (κ1) is 22.3. The van der Waals surface area contributed by atoms with Gasteiger partial charge < -0.3 is 14.2 Å². The highest BCUT2D eigenvalue weighted by atomic mass is 16.6. The number of carbonyl (C=O) groups is 2. The van der Waals surface area contributed by atoms with Crippen LogP contribution in [0.5, 0.6) is 0 Å². The summed E-state index contributed by atoms with van der Waals surface area (Å²) in [5.41, 5.74) is 3.44. The molecule has 170 valence electrons. The van der Waals surface area contributed by atoms with E-state index in [-0.39, 0.29) is 18.6 Å². The highest BCUT2D eigenvalue weighted by Gasteiger charge is 2.42. The van der Waals surface area contributed by atoms with Crippen molar-refractivity contribution in [2.45, 2.75) is 69.8 Å². The third-order valence-corrected chi connectivity index (χ3v) is 6.16. The van der Waals surface area contributed by atoms with Crippen LogP contribution in [-0.4, -0.2) is 36.6 Å².